The van der Waals surface area contributed by atoms with Crippen LogP contribution in [0.1, 0.15) is 30.7 Å². The second kappa shape index (κ2) is 5.87. The van der Waals surface area contributed by atoms with Gasteiger partial charge in [0, 0.05) is 28.8 Å². The molecule has 1 N–H and O–H groups in total. The number of hydrogen-bond donors (Lipinski definition) is 1. The highest BCUT2D eigenvalue weighted by atomic mass is 32.2. The topological polar surface area (TPSA) is 46.2 Å². The van der Waals surface area contributed by atoms with Gasteiger partial charge in [-0.05, 0) is 37.4 Å². The Morgan fingerprint density at radius 2 is 2.04 bits per heavy atom. The van der Waals surface area contributed by atoms with E-state index >= 15 is 0 Å². The van der Waals surface area contributed by atoms with Crippen LogP contribution in [0, 0.1) is 11.7 Å². The summed E-state index contributed by atoms with van der Waals surface area (Å²) in [6, 6.07) is 6.37. The number of Topliss-reactive ketones (excluding diaryl/α,β-unsaturated/α-hetero) is 1. The number of benzene rings is 1. The molecule has 2 heterocycles. The molecule has 120 valence electrons. The smallest absolute Gasteiger partial charge is 0.217 e. The fourth-order valence-electron chi connectivity index (χ4n) is 3.53. The van der Waals surface area contributed by atoms with Gasteiger partial charge in [-0.3, -0.25) is 9.59 Å². The first-order valence-corrected chi connectivity index (χ1v) is 8.97. The SMILES string of the molecule is O=C1SC2CCNCC2=C1C(C(=O)C1CC1)c1ccccc1F. The van der Waals surface area contributed by atoms with Crippen LogP contribution in [0.5, 0.6) is 0 Å². The van der Waals surface area contributed by atoms with Crippen molar-refractivity contribution in [3.63, 3.8) is 0 Å². The predicted octanol–water partition coefficient (Wildman–Crippen LogP) is 2.82. The van der Waals surface area contributed by atoms with Crippen LogP contribution in [0.3, 0.4) is 0 Å². The Morgan fingerprint density at radius 3 is 2.78 bits per heavy atom. The second-order valence-electron chi connectivity index (χ2n) is 6.43. The zero-order valence-corrected chi connectivity index (χ0v) is 13.5. The first-order valence-electron chi connectivity index (χ1n) is 8.09. The van der Waals surface area contributed by atoms with Crippen LogP contribution < -0.4 is 5.32 Å². The normalized spacial score (nSPS) is 25.4. The summed E-state index contributed by atoms with van der Waals surface area (Å²) < 4.78 is 14.4. The molecular formula is C18H18FNO2S. The third-order valence-electron chi connectivity index (χ3n) is 4.87. The van der Waals surface area contributed by atoms with Gasteiger partial charge in [-0.15, -0.1) is 0 Å². The molecule has 3 nitrogen and oxygen atoms in total. The molecule has 4 rings (SSSR count). The number of nitrogens with one attached hydrogen (secondary N) is 1. The number of ketones is 1. The molecule has 23 heavy (non-hydrogen) atoms. The van der Waals surface area contributed by atoms with E-state index < -0.39 is 11.7 Å². The predicted molar refractivity (Wildman–Crippen MR) is 87.8 cm³/mol. The van der Waals surface area contributed by atoms with Crippen molar-refractivity contribution >= 4 is 22.7 Å². The van der Waals surface area contributed by atoms with Crippen molar-refractivity contribution < 1.29 is 14.0 Å². The molecule has 2 fully saturated rings. The molecule has 0 aromatic heterocycles. The van der Waals surface area contributed by atoms with Crippen molar-refractivity contribution in [3.05, 3.63) is 46.8 Å². The van der Waals surface area contributed by atoms with E-state index in [4.69, 9.17) is 0 Å². The molecule has 1 saturated carbocycles. The number of rotatable bonds is 4. The minimum absolute atomic E-state index is 0.0118. The van der Waals surface area contributed by atoms with Gasteiger partial charge < -0.3 is 5.32 Å². The van der Waals surface area contributed by atoms with E-state index in [1.54, 1.807) is 18.2 Å². The van der Waals surface area contributed by atoms with E-state index in [0.717, 1.165) is 31.4 Å². The molecule has 0 radical (unpaired) electrons. The van der Waals surface area contributed by atoms with Gasteiger partial charge in [-0.1, -0.05) is 30.0 Å². The summed E-state index contributed by atoms with van der Waals surface area (Å²) >= 11 is 1.31. The lowest BCUT2D eigenvalue weighted by Gasteiger charge is -2.23. The molecule has 2 atom stereocenters. The van der Waals surface area contributed by atoms with Crippen molar-refractivity contribution in [2.75, 3.05) is 13.1 Å². The number of carbonyl (C=O) groups is 2. The third kappa shape index (κ3) is 2.66. The number of hydrogen-bond acceptors (Lipinski definition) is 4. The van der Waals surface area contributed by atoms with E-state index in [9.17, 15) is 14.0 Å². The summed E-state index contributed by atoms with van der Waals surface area (Å²) in [6.45, 7) is 1.50. The Kier molecular flexibility index (Phi) is 3.85. The molecule has 0 spiro atoms. The third-order valence-corrected chi connectivity index (χ3v) is 6.11. The zero-order valence-electron chi connectivity index (χ0n) is 12.7. The number of fused-ring (bicyclic) bond motifs is 1. The summed E-state index contributed by atoms with van der Waals surface area (Å²) in [6.07, 6.45) is 2.60. The molecule has 5 heteroatoms. The Balaban J connectivity index is 1.83. The Hall–Kier alpha value is -1.46. The van der Waals surface area contributed by atoms with Crippen molar-refractivity contribution in [2.45, 2.75) is 30.4 Å². The number of thioether (sulfide) groups is 1. The maximum absolute atomic E-state index is 14.4. The largest absolute Gasteiger partial charge is 0.313 e. The zero-order chi connectivity index (χ0) is 16.0. The highest BCUT2D eigenvalue weighted by Crippen LogP contribution is 2.47. The van der Waals surface area contributed by atoms with Crippen molar-refractivity contribution in [1.29, 1.82) is 0 Å². The molecule has 2 aliphatic heterocycles. The lowest BCUT2D eigenvalue weighted by molar-refractivity contribution is -0.122. The Labute approximate surface area is 138 Å². The number of piperidine rings is 1. The highest BCUT2D eigenvalue weighted by Gasteiger charge is 2.45. The van der Waals surface area contributed by atoms with Crippen LogP contribution >= 0.6 is 11.8 Å². The number of carbonyl (C=O) groups excluding carboxylic acids is 2. The fraction of sp³-hybridized carbons (Fsp3) is 0.444. The van der Waals surface area contributed by atoms with Crippen LogP contribution in [-0.2, 0) is 9.59 Å². The van der Waals surface area contributed by atoms with E-state index in [-0.39, 0.29) is 22.1 Å². The molecule has 3 aliphatic rings. The quantitative estimate of drug-likeness (QED) is 0.921. The summed E-state index contributed by atoms with van der Waals surface area (Å²) in [5.74, 6) is -1.13. The lowest BCUT2D eigenvalue weighted by Crippen LogP contribution is -2.32. The monoisotopic (exact) mass is 331 g/mol. The van der Waals surface area contributed by atoms with Crippen molar-refractivity contribution in [2.24, 2.45) is 5.92 Å². The van der Waals surface area contributed by atoms with Crippen LogP contribution in [0.25, 0.3) is 0 Å². The molecular weight excluding hydrogens is 313 g/mol. The average molecular weight is 331 g/mol. The average Bonchev–Trinajstić information content (AvgIpc) is 3.34. The van der Waals surface area contributed by atoms with Gasteiger partial charge in [-0.2, -0.15) is 0 Å². The minimum Gasteiger partial charge on any atom is -0.313 e. The van der Waals surface area contributed by atoms with Gasteiger partial charge in [0.05, 0.1) is 5.92 Å². The maximum atomic E-state index is 14.4. The summed E-state index contributed by atoms with van der Waals surface area (Å²) in [5.41, 5.74) is 1.91. The van der Waals surface area contributed by atoms with E-state index in [1.807, 2.05) is 0 Å². The van der Waals surface area contributed by atoms with Gasteiger partial charge in [-0.25, -0.2) is 4.39 Å². The molecule has 0 bridgehead atoms. The van der Waals surface area contributed by atoms with Gasteiger partial charge in [0.1, 0.15) is 11.6 Å². The van der Waals surface area contributed by atoms with Crippen molar-refractivity contribution in [1.82, 2.24) is 5.32 Å². The van der Waals surface area contributed by atoms with Gasteiger partial charge in [0.25, 0.3) is 0 Å². The van der Waals surface area contributed by atoms with Gasteiger partial charge in [0.2, 0.25) is 5.12 Å². The molecule has 1 aliphatic carbocycles. The second-order valence-corrected chi connectivity index (χ2v) is 7.61. The molecule has 2 unspecified atom stereocenters. The van der Waals surface area contributed by atoms with Crippen LogP contribution in [0.2, 0.25) is 0 Å². The number of halogens is 1. The molecule has 1 aromatic carbocycles. The van der Waals surface area contributed by atoms with Gasteiger partial charge in [0.15, 0.2) is 0 Å². The van der Waals surface area contributed by atoms with Crippen LogP contribution in [0.4, 0.5) is 4.39 Å². The molecule has 1 aromatic rings. The fourth-order valence-corrected chi connectivity index (χ4v) is 4.76. The van der Waals surface area contributed by atoms with Crippen LogP contribution in [-0.4, -0.2) is 29.2 Å². The van der Waals surface area contributed by atoms with Crippen molar-refractivity contribution in [3.8, 4) is 0 Å². The first kappa shape index (κ1) is 15.1. The summed E-state index contributed by atoms with van der Waals surface area (Å²) in [5, 5.41) is 3.39. The molecule has 1 saturated heterocycles. The van der Waals surface area contributed by atoms with E-state index in [2.05, 4.69) is 5.32 Å². The summed E-state index contributed by atoms with van der Waals surface area (Å²) in [4.78, 5) is 25.5. The van der Waals surface area contributed by atoms with E-state index in [0.29, 0.717) is 17.7 Å². The minimum atomic E-state index is -0.733. The Bertz CT molecular complexity index is 711. The standard InChI is InChI=1S/C18H18FNO2S/c19-13-4-2-1-3-11(13)15(17(21)10-5-6-10)16-12-9-20-8-7-14(12)23-18(16)22/h1-4,10,14-15,20H,5-9H2. The van der Waals surface area contributed by atoms with Crippen LogP contribution in [0.15, 0.2) is 35.4 Å². The first-order chi connectivity index (χ1) is 11.2. The Morgan fingerprint density at radius 1 is 1.26 bits per heavy atom. The lowest BCUT2D eigenvalue weighted by atomic mass is 9.82. The highest BCUT2D eigenvalue weighted by molar-refractivity contribution is 8.15. The summed E-state index contributed by atoms with van der Waals surface area (Å²) in [7, 11) is 0. The maximum Gasteiger partial charge on any atom is 0.217 e. The van der Waals surface area contributed by atoms with E-state index in [1.165, 1.54) is 17.8 Å². The molecule has 0 amide bonds. The van der Waals surface area contributed by atoms with Gasteiger partial charge >= 0.3 is 0 Å².